The maximum absolute atomic E-state index is 12.4. The first kappa shape index (κ1) is 18.7. The van der Waals surface area contributed by atoms with Gasteiger partial charge in [-0.25, -0.2) is 4.98 Å². The number of hydrogen-bond donors (Lipinski definition) is 2. The molecule has 1 aliphatic heterocycles. The van der Waals surface area contributed by atoms with Crippen molar-refractivity contribution < 1.29 is 19.1 Å². The van der Waals surface area contributed by atoms with Crippen LogP contribution < -0.4 is 15.4 Å². The summed E-state index contributed by atoms with van der Waals surface area (Å²) in [5.41, 5.74) is 1.45. The molecule has 0 bridgehead atoms. The van der Waals surface area contributed by atoms with Crippen LogP contribution in [0.5, 0.6) is 5.75 Å². The first-order valence-electron chi connectivity index (χ1n) is 9.02. The minimum atomic E-state index is -0.339. The van der Waals surface area contributed by atoms with Crippen LogP contribution >= 0.6 is 0 Å². The SMILES string of the molecule is COc1ccc(NC(=O)Cn2cc(NC(=O)c3cn4c(n3)COCC4)cn2)cc1. The summed E-state index contributed by atoms with van der Waals surface area (Å²) in [6, 6.07) is 7.02. The van der Waals surface area contributed by atoms with Crippen LogP contribution in [0.2, 0.25) is 0 Å². The fourth-order valence-corrected chi connectivity index (χ4v) is 2.93. The zero-order chi connectivity index (χ0) is 20.2. The standard InChI is InChI=1S/C19H20N6O4/c1-28-15-4-2-13(3-5-15)21-18(26)11-25-9-14(8-20-25)22-19(27)16-10-24-6-7-29-12-17(24)23-16/h2-5,8-10H,6-7,11-12H2,1H3,(H,21,26)(H,22,27). The van der Waals surface area contributed by atoms with Crippen molar-refractivity contribution in [1.82, 2.24) is 19.3 Å². The smallest absolute Gasteiger partial charge is 0.275 e. The number of nitrogens with one attached hydrogen (secondary N) is 2. The molecule has 150 valence electrons. The molecule has 29 heavy (non-hydrogen) atoms. The quantitative estimate of drug-likeness (QED) is 0.653. The van der Waals surface area contributed by atoms with Gasteiger partial charge in [0.2, 0.25) is 5.91 Å². The summed E-state index contributed by atoms with van der Waals surface area (Å²) in [6.45, 7) is 1.69. The number of hydrogen-bond acceptors (Lipinski definition) is 6. The van der Waals surface area contributed by atoms with Gasteiger partial charge in [-0.05, 0) is 24.3 Å². The zero-order valence-corrected chi connectivity index (χ0v) is 15.8. The molecule has 0 fully saturated rings. The zero-order valence-electron chi connectivity index (χ0n) is 15.8. The van der Waals surface area contributed by atoms with Gasteiger partial charge < -0.3 is 24.7 Å². The molecule has 0 radical (unpaired) electrons. The van der Waals surface area contributed by atoms with Gasteiger partial charge in [0.15, 0.2) is 0 Å². The Bertz CT molecular complexity index is 1000. The number of carbonyl (C=O) groups excluding carboxylic acids is 2. The Kier molecular flexibility index (Phi) is 5.25. The average molecular weight is 396 g/mol. The first-order chi connectivity index (χ1) is 14.1. The largest absolute Gasteiger partial charge is 0.497 e. The number of ether oxygens (including phenoxy) is 2. The van der Waals surface area contributed by atoms with Gasteiger partial charge in [0, 0.05) is 24.6 Å². The van der Waals surface area contributed by atoms with Crippen molar-refractivity contribution in [2.75, 3.05) is 24.4 Å². The molecule has 2 aromatic heterocycles. The van der Waals surface area contributed by atoms with Crippen LogP contribution in [0.15, 0.2) is 42.9 Å². The Morgan fingerprint density at radius 2 is 2.00 bits per heavy atom. The number of nitrogens with zero attached hydrogens (tertiary/aromatic N) is 4. The third kappa shape index (κ3) is 4.43. The van der Waals surface area contributed by atoms with E-state index < -0.39 is 0 Å². The lowest BCUT2D eigenvalue weighted by Crippen LogP contribution is -2.19. The van der Waals surface area contributed by atoms with Crippen LogP contribution in [0, 0.1) is 0 Å². The van der Waals surface area contributed by atoms with E-state index in [0.29, 0.717) is 42.6 Å². The van der Waals surface area contributed by atoms with E-state index >= 15 is 0 Å². The third-order valence-electron chi connectivity index (χ3n) is 4.37. The molecule has 10 nitrogen and oxygen atoms in total. The fraction of sp³-hybridized carbons (Fsp3) is 0.263. The number of anilines is 2. The van der Waals surface area contributed by atoms with E-state index in [0.717, 1.165) is 5.82 Å². The molecule has 3 heterocycles. The predicted octanol–water partition coefficient (Wildman–Crippen LogP) is 1.51. The van der Waals surface area contributed by atoms with E-state index in [9.17, 15) is 9.59 Å². The van der Waals surface area contributed by atoms with E-state index in [1.165, 1.54) is 10.9 Å². The average Bonchev–Trinajstić information content (AvgIpc) is 3.35. The van der Waals surface area contributed by atoms with Crippen LogP contribution in [-0.4, -0.2) is 44.9 Å². The minimum Gasteiger partial charge on any atom is -0.497 e. The minimum absolute atomic E-state index is 0.0119. The number of amides is 2. The maximum atomic E-state index is 12.4. The highest BCUT2D eigenvalue weighted by molar-refractivity contribution is 6.02. The van der Waals surface area contributed by atoms with E-state index in [1.807, 2.05) is 4.57 Å². The number of methoxy groups -OCH3 is 1. The van der Waals surface area contributed by atoms with Gasteiger partial charge in [-0.1, -0.05) is 0 Å². The highest BCUT2D eigenvalue weighted by Crippen LogP contribution is 2.15. The predicted molar refractivity (Wildman–Crippen MR) is 104 cm³/mol. The summed E-state index contributed by atoms with van der Waals surface area (Å²) >= 11 is 0. The number of aromatic nitrogens is 4. The van der Waals surface area contributed by atoms with Crippen LogP contribution in [-0.2, 0) is 29.2 Å². The number of benzene rings is 1. The Morgan fingerprint density at radius 3 is 2.76 bits per heavy atom. The van der Waals surface area contributed by atoms with Gasteiger partial charge in [-0.15, -0.1) is 0 Å². The van der Waals surface area contributed by atoms with Crippen LogP contribution in [0.4, 0.5) is 11.4 Å². The van der Waals surface area contributed by atoms with E-state index in [-0.39, 0.29) is 18.4 Å². The van der Waals surface area contributed by atoms with Gasteiger partial charge in [-0.2, -0.15) is 5.10 Å². The van der Waals surface area contributed by atoms with Crippen LogP contribution in [0.1, 0.15) is 16.3 Å². The number of imidazole rings is 1. The molecule has 0 saturated carbocycles. The second-order valence-corrected chi connectivity index (χ2v) is 6.45. The molecule has 3 aromatic rings. The van der Waals surface area contributed by atoms with Gasteiger partial charge in [-0.3, -0.25) is 14.3 Å². The summed E-state index contributed by atoms with van der Waals surface area (Å²) in [7, 11) is 1.58. The van der Waals surface area contributed by atoms with Gasteiger partial charge >= 0.3 is 0 Å². The Hall–Kier alpha value is -3.66. The van der Waals surface area contributed by atoms with Gasteiger partial charge in [0.05, 0.1) is 25.6 Å². The van der Waals surface area contributed by atoms with Crippen LogP contribution in [0.3, 0.4) is 0 Å². The lowest BCUT2D eigenvalue weighted by molar-refractivity contribution is -0.116. The van der Waals surface area contributed by atoms with Crippen molar-refractivity contribution in [3.8, 4) is 5.75 Å². The molecule has 0 spiro atoms. The first-order valence-corrected chi connectivity index (χ1v) is 9.02. The Balaban J connectivity index is 1.33. The van der Waals surface area contributed by atoms with Crippen LogP contribution in [0.25, 0.3) is 0 Å². The second-order valence-electron chi connectivity index (χ2n) is 6.45. The van der Waals surface area contributed by atoms with Crippen molar-refractivity contribution in [3.63, 3.8) is 0 Å². The van der Waals surface area contributed by atoms with E-state index in [2.05, 4.69) is 20.7 Å². The second kappa shape index (κ2) is 8.15. The molecule has 0 atom stereocenters. The molecule has 1 aromatic carbocycles. The molecule has 2 amide bonds. The summed E-state index contributed by atoms with van der Waals surface area (Å²) in [5.74, 6) is 0.862. The molecule has 2 N–H and O–H groups in total. The molecular formula is C19H20N6O4. The third-order valence-corrected chi connectivity index (χ3v) is 4.37. The van der Waals surface area contributed by atoms with Crippen molar-refractivity contribution >= 4 is 23.2 Å². The van der Waals surface area contributed by atoms with E-state index in [4.69, 9.17) is 9.47 Å². The number of fused-ring (bicyclic) bond motifs is 1. The fourth-order valence-electron chi connectivity index (χ4n) is 2.93. The van der Waals surface area contributed by atoms with Crippen molar-refractivity contribution in [3.05, 3.63) is 54.4 Å². The summed E-state index contributed by atoms with van der Waals surface area (Å²) in [4.78, 5) is 28.9. The molecule has 4 rings (SSSR count). The van der Waals surface area contributed by atoms with Crippen molar-refractivity contribution in [2.45, 2.75) is 19.7 Å². The van der Waals surface area contributed by atoms with E-state index in [1.54, 1.807) is 43.8 Å². The highest BCUT2D eigenvalue weighted by atomic mass is 16.5. The molecule has 1 aliphatic rings. The topological polar surface area (TPSA) is 112 Å². The number of carbonyl (C=O) groups is 2. The lowest BCUT2D eigenvalue weighted by atomic mass is 10.3. The molecule has 0 saturated heterocycles. The van der Waals surface area contributed by atoms with Gasteiger partial charge in [0.25, 0.3) is 5.91 Å². The van der Waals surface area contributed by atoms with Gasteiger partial charge in [0.1, 0.15) is 30.4 Å². The number of rotatable bonds is 6. The molecular weight excluding hydrogens is 376 g/mol. The maximum Gasteiger partial charge on any atom is 0.275 e. The van der Waals surface area contributed by atoms with Crippen molar-refractivity contribution in [2.24, 2.45) is 0 Å². The highest BCUT2D eigenvalue weighted by Gasteiger charge is 2.17. The molecule has 0 unspecified atom stereocenters. The normalized spacial score (nSPS) is 12.9. The monoisotopic (exact) mass is 396 g/mol. The summed E-state index contributed by atoms with van der Waals surface area (Å²) < 4.78 is 13.8. The Labute approximate surface area is 166 Å². The van der Waals surface area contributed by atoms with Crippen molar-refractivity contribution in [1.29, 1.82) is 0 Å². The lowest BCUT2D eigenvalue weighted by Gasteiger charge is -2.13. The molecule has 10 heteroatoms. The summed E-state index contributed by atoms with van der Waals surface area (Å²) in [5, 5.41) is 9.63. The summed E-state index contributed by atoms with van der Waals surface area (Å²) in [6.07, 6.45) is 4.78. The Morgan fingerprint density at radius 1 is 1.17 bits per heavy atom. The molecule has 0 aliphatic carbocycles.